The van der Waals surface area contributed by atoms with Crippen molar-refractivity contribution < 1.29 is 75.8 Å². The van der Waals surface area contributed by atoms with Gasteiger partial charge in [0.2, 0.25) is 0 Å². The molecule has 0 spiro atoms. The lowest BCUT2D eigenvalue weighted by atomic mass is 10.0. The number of rotatable bonds is 92. The molecule has 0 aromatic rings. The maximum absolute atomic E-state index is 13.1. The molecule has 5 unspecified atom stereocenters. The van der Waals surface area contributed by atoms with E-state index in [1.165, 1.54) is 167 Å². The van der Waals surface area contributed by atoms with Crippen LogP contribution in [-0.2, 0) is 55.8 Å². The Morgan fingerprint density at radius 2 is 0.407 bits per heavy atom. The molecule has 0 bridgehead atoms. The topological polar surface area (TPSA) is 231 Å². The third-order valence-corrected chi connectivity index (χ3v) is 22.5. The highest BCUT2D eigenvalue weighted by Crippen LogP contribution is 2.45. The van der Waals surface area contributed by atoms with E-state index in [-0.39, 0.29) is 19.3 Å². The van der Waals surface area contributed by atoms with Crippen LogP contribution in [0.2, 0.25) is 0 Å². The molecule has 0 radical (unpaired) electrons. The van der Waals surface area contributed by atoms with Gasteiger partial charge in [0.15, 0.2) is 6.10 Å². The highest BCUT2D eigenvalue weighted by molar-refractivity contribution is 7.47. The molecule has 5 atom stereocenters. The largest absolute Gasteiger partial charge is 0.472 e. The number of allylic oxidation sites excluding steroid dienone is 30. The van der Waals surface area contributed by atoms with Crippen LogP contribution in [0.15, 0.2) is 182 Å². The zero-order valence-corrected chi connectivity index (χ0v) is 79.6. The highest BCUT2D eigenvalue weighted by atomic mass is 31.2. The fourth-order valence-corrected chi connectivity index (χ4v) is 14.9. The molecule has 16 nitrogen and oxygen atoms in total. The van der Waals surface area contributed by atoms with Gasteiger partial charge in [-0.1, -0.05) is 415 Å². The van der Waals surface area contributed by atoms with Crippen LogP contribution in [0.3, 0.4) is 0 Å². The number of hydrogen-bond donors (Lipinski definition) is 4. The van der Waals surface area contributed by atoms with Gasteiger partial charge >= 0.3 is 33.6 Å². The standard InChI is InChI=1S/C105H178O16P2/c1-4-7-10-13-16-19-22-25-28-31-34-37-40-43-45-46-47-48-49-50-51-52-54-57-58-61-64-67-70-73-76-79-82-85-88-91-103(108)115-94-100(106)95-117-122(111,112)118-96-101(107)97-119-123(113,114)120-99-102(121-105(110)93-90-87-84-81-78-75-72-69-66-63-60-55-42-39-36-33-30-27-24-21-18-15-12-9-6-3)98-116-104(109)92-89-86-83-80-77-74-71-68-65-62-59-56-53-44-41-38-35-32-29-26-23-20-17-14-11-8-5-2/h7-12,16-21,25-30,34-39,43-45,53,55,60,100-102,106-107H,4-6,13-15,22-24,31-33,40-42,46-52,54,56-59,61-99H2,1-3H3,(H,111,112)(H,113,114)/b10-7-,11-8-,12-9-,19-16-,20-17-,21-18-,28-25-,29-26-,30-27-,37-34-,38-35-,39-36-,45-43-,53-44-,60-55-. The second-order valence-electron chi connectivity index (χ2n) is 32.4. The minimum Gasteiger partial charge on any atom is -0.463 e. The van der Waals surface area contributed by atoms with Gasteiger partial charge in [0.05, 0.1) is 26.4 Å². The summed E-state index contributed by atoms with van der Waals surface area (Å²) in [7, 11) is -9.82. The molecule has 0 aromatic carbocycles. The van der Waals surface area contributed by atoms with Gasteiger partial charge < -0.3 is 34.2 Å². The smallest absolute Gasteiger partial charge is 0.463 e. The Labute approximate surface area is 751 Å². The van der Waals surface area contributed by atoms with Gasteiger partial charge in [-0.2, -0.15) is 0 Å². The molecule has 0 saturated carbocycles. The second-order valence-corrected chi connectivity index (χ2v) is 35.3. The van der Waals surface area contributed by atoms with Crippen molar-refractivity contribution in [2.75, 3.05) is 39.6 Å². The molecule has 0 amide bonds. The lowest BCUT2D eigenvalue weighted by Gasteiger charge is -2.21. The molecule has 4 N–H and O–H groups in total. The van der Waals surface area contributed by atoms with E-state index in [1.54, 1.807) is 0 Å². The summed E-state index contributed by atoms with van der Waals surface area (Å²) in [6.45, 7) is 2.39. The summed E-state index contributed by atoms with van der Waals surface area (Å²) >= 11 is 0. The molecule has 704 valence electrons. The first-order valence-corrected chi connectivity index (χ1v) is 52.1. The number of aliphatic hydroxyl groups excluding tert-OH is 2. The average Bonchev–Trinajstić information content (AvgIpc) is 0.898. The third kappa shape index (κ3) is 97.1. The SMILES string of the molecule is CC/C=C\C/C=C\C/C=C\C/C=C\C/C=C\CCCCCCCCCCCCCCCCCCCCCC(=O)OCC(O)COP(=O)(O)OCC(O)COP(=O)(O)OCC(COC(=O)CCCCCCCCCCCCC/C=C\C/C=C\C/C=C\C/C=C\C/C=C\CC)OC(=O)CCCCCCCCCCC/C=C\C/C=C\C/C=C\C/C=C\C/C=C\CC. The monoisotopic (exact) mass is 1760 g/mol. The molecule has 0 saturated heterocycles. The molecular formula is C105H178O16P2. The van der Waals surface area contributed by atoms with E-state index >= 15 is 0 Å². The number of unbranched alkanes of at least 4 members (excludes halogenated alkanes) is 39. The lowest BCUT2D eigenvalue weighted by molar-refractivity contribution is -0.161. The Morgan fingerprint density at radius 3 is 0.642 bits per heavy atom. The van der Waals surface area contributed by atoms with Gasteiger partial charge in [0.1, 0.15) is 25.4 Å². The third-order valence-electron chi connectivity index (χ3n) is 20.6. The number of carbonyl (C=O) groups is 3. The van der Waals surface area contributed by atoms with Crippen molar-refractivity contribution in [1.82, 2.24) is 0 Å². The Morgan fingerprint density at radius 1 is 0.228 bits per heavy atom. The van der Waals surface area contributed by atoms with E-state index in [2.05, 4.69) is 203 Å². The molecule has 0 aliphatic heterocycles. The molecule has 0 heterocycles. The minimum atomic E-state index is -4.95. The van der Waals surface area contributed by atoms with Crippen LogP contribution in [0, 0.1) is 0 Å². The van der Waals surface area contributed by atoms with Crippen molar-refractivity contribution >= 4 is 33.6 Å². The summed E-state index contributed by atoms with van der Waals surface area (Å²) in [6, 6.07) is 0. The number of ether oxygens (including phenoxy) is 3. The Balaban J connectivity index is 4.57. The Bertz CT molecular complexity index is 2970. The molecule has 0 fully saturated rings. The Hall–Kier alpha value is -5.35. The molecule has 123 heavy (non-hydrogen) atoms. The van der Waals surface area contributed by atoms with Crippen molar-refractivity contribution in [2.45, 2.75) is 424 Å². The van der Waals surface area contributed by atoms with Crippen molar-refractivity contribution in [3.8, 4) is 0 Å². The quantitative estimate of drug-likeness (QED) is 0.0146. The fourth-order valence-electron chi connectivity index (χ4n) is 13.3. The first-order chi connectivity index (χ1) is 60.2. The number of phosphoric ester groups is 2. The van der Waals surface area contributed by atoms with Crippen LogP contribution in [0.5, 0.6) is 0 Å². The fraction of sp³-hybridized carbons (Fsp3) is 0.686. The van der Waals surface area contributed by atoms with Crippen LogP contribution in [0.4, 0.5) is 0 Å². The maximum Gasteiger partial charge on any atom is 0.472 e. The first kappa shape index (κ1) is 118. The van der Waals surface area contributed by atoms with Gasteiger partial charge in [-0.25, -0.2) is 9.13 Å². The Kier molecular flexibility index (Phi) is 91.6. The summed E-state index contributed by atoms with van der Waals surface area (Å²) in [4.78, 5) is 59.1. The summed E-state index contributed by atoms with van der Waals surface area (Å²) in [6.07, 6.45) is 127. The van der Waals surface area contributed by atoms with Crippen LogP contribution in [0.25, 0.3) is 0 Å². The van der Waals surface area contributed by atoms with E-state index in [1.807, 2.05) is 0 Å². The summed E-state index contributed by atoms with van der Waals surface area (Å²) in [5.41, 5.74) is 0. The number of aliphatic hydroxyl groups is 2. The van der Waals surface area contributed by atoms with E-state index in [0.717, 1.165) is 180 Å². The minimum absolute atomic E-state index is 0.0918. The highest BCUT2D eigenvalue weighted by Gasteiger charge is 2.30. The van der Waals surface area contributed by atoms with Crippen molar-refractivity contribution in [3.05, 3.63) is 182 Å². The number of carbonyl (C=O) groups excluding carboxylic acids is 3. The van der Waals surface area contributed by atoms with Crippen molar-refractivity contribution in [1.29, 1.82) is 0 Å². The lowest BCUT2D eigenvalue weighted by Crippen LogP contribution is -2.30. The van der Waals surface area contributed by atoms with E-state index in [0.29, 0.717) is 19.3 Å². The molecule has 18 heteroatoms. The van der Waals surface area contributed by atoms with Gasteiger partial charge in [0.25, 0.3) is 0 Å². The zero-order valence-electron chi connectivity index (χ0n) is 77.8. The summed E-state index contributed by atoms with van der Waals surface area (Å²) in [5, 5.41) is 20.8. The molecule has 0 aromatic heterocycles. The van der Waals surface area contributed by atoms with Crippen LogP contribution in [-0.4, -0.2) is 95.9 Å². The molecule has 0 aliphatic carbocycles. The van der Waals surface area contributed by atoms with Crippen LogP contribution >= 0.6 is 15.6 Å². The number of esters is 3. The summed E-state index contributed by atoms with van der Waals surface area (Å²) < 4.78 is 61.6. The number of hydrogen-bond acceptors (Lipinski definition) is 14. The summed E-state index contributed by atoms with van der Waals surface area (Å²) in [5.74, 6) is -1.58. The number of phosphoric acid groups is 2. The van der Waals surface area contributed by atoms with Crippen LogP contribution < -0.4 is 0 Å². The maximum atomic E-state index is 13.1. The van der Waals surface area contributed by atoms with E-state index in [4.69, 9.17) is 32.3 Å². The van der Waals surface area contributed by atoms with E-state index < -0.39 is 91.5 Å². The van der Waals surface area contributed by atoms with Crippen LogP contribution in [0.1, 0.15) is 406 Å². The van der Waals surface area contributed by atoms with E-state index in [9.17, 15) is 43.5 Å². The normalized spacial score (nSPS) is 14.5. The van der Waals surface area contributed by atoms with Gasteiger partial charge in [-0.3, -0.25) is 32.5 Å². The average molecular weight is 1760 g/mol. The molecular weight excluding hydrogens is 1580 g/mol. The first-order valence-electron chi connectivity index (χ1n) is 49.1. The van der Waals surface area contributed by atoms with Crippen molar-refractivity contribution in [2.24, 2.45) is 0 Å². The molecule has 0 rings (SSSR count). The molecule has 0 aliphatic rings. The van der Waals surface area contributed by atoms with Gasteiger partial charge in [-0.15, -0.1) is 0 Å². The van der Waals surface area contributed by atoms with Gasteiger partial charge in [-0.05, 0) is 154 Å². The van der Waals surface area contributed by atoms with Gasteiger partial charge in [0, 0.05) is 19.3 Å². The predicted molar refractivity (Wildman–Crippen MR) is 518 cm³/mol. The predicted octanol–water partition coefficient (Wildman–Crippen LogP) is 30.8. The second kappa shape index (κ2) is 95.7. The zero-order chi connectivity index (χ0) is 89.3. The van der Waals surface area contributed by atoms with Crippen molar-refractivity contribution in [3.63, 3.8) is 0 Å².